The van der Waals surface area contributed by atoms with Crippen molar-refractivity contribution >= 4 is 18.5 Å². The minimum absolute atomic E-state index is 0.249. The highest BCUT2D eigenvalue weighted by molar-refractivity contribution is 6.61. The van der Waals surface area contributed by atoms with Gasteiger partial charge >= 0.3 is 7.12 Å². The fraction of sp³-hybridized carbons (Fsp3) is 0.643. The van der Waals surface area contributed by atoms with Crippen molar-refractivity contribution in [2.24, 2.45) is 0 Å². The lowest BCUT2D eigenvalue weighted by Gasteiger charge is -2.32. The molecule has 0 radical (unpaired) electrons. The van der Waals surface area contributed by atoms with Gasteiger partial charge in [-0.2, -0.15) is 0 Å². The summed E-state index contributed by atoms with van der Waals surface area (Å²) in [5.74, 6) is -0.113. The molecule has 0 bridgehead atoms. The van der Waals surface area contributed by atoms with Crippen LogP contribution in [0.2, 0.25) is 0 Å². The molecule has 1 fully saturated rings. The Labute approximate surface area is 120 Å². The van der Waals surface area contributed by atoms with Crippen molar-refractivity contribution < 1.29 is 13.7 Å². The van der Waals surface area contributed by atoms with Gasteiger partial charge in [0.1, 0.15) is 0 Å². The zero-order valence-electron chi connectivity index (χ0n) is 12.8. The van der Waals surface area contributed by atoms with Gasteiger partial charge in [-0.05, 0) is 46.2 Å². The number of nitrogens with one attached hydrogen (secondary N) is 1. The normalized spacial score (nSPS) is 20.2. The Balaban J connectivity index is 2.22. The monoisotopic (exact) mass is 280 g/mol. The summed E-state index contributed by atoms with van der Waals surface area (Å²) >= 11 is 0. The molecule has 1 aliphatic rings. The van der Waals surface area contributed by atoms with E-state index >= 15 is 0 Å². The van der Waals surface area contributed by atoms with Crippen LogP contribution < -0.4 is 10.9 Å². The predicted octanol–water partition coefficient (Wildman–Crippen LogP) is 2.34. The topological polar surface area (TPSA) is 43.4 Å². The van der Waals surface area contributed by atoms with Crippen LogP contribution in [0.1, 0.15) is 41.0 Å². The van der Waals surface area contributed by atoms with Crippen LogP contribution >= 0.6 is 0 Å². The fourth-order valence-corrected chi connectivity index (χ4v) is 1.92. The molecule has 0 spiro atoms. The summed E-state index contributed by atoms with van der Waals surface area (Å²) < 4.78 is 25.5. The average Bonchev–Trinajstić information content (AvgIpc) is 2.57. The SMILES string of the molecule is CCCNc1nc(B2OC(C)(C)C(C)(C)O2)ccc1F. The maximum atomic E-state index is 13.7. The van der Waals surface area contributed by atoms with Gasteiger partial charge in [0.25, 0.3) is 0 Å². The Morgan fingerprint density at radius 2 is 1.80 bits per heavy atom. The quantitative estimate of drug-likeness (QED) is 0.860. The smallest absolute Gasteiger partial charge is 0.398 e. The van der Waals surface area contributed by atoms with Crippen molar-refractivity contribution in [1.29, 1.82) is 0 Å². The molecule has 0 aromatic carbocycles. The highest BCUT2D eigenvalue weighted by Gasteiger charge is 2.52. The second kappa shape index (κ2) is 5.33. The fourth-order valence-electron chi connectivity index (χ4n) is 1.92. The Morgan fingerprint density at radius 3 is 2.35 bits per heavy atom. The summed E-state index contributed by atoms with van der Waals surface area (Å²) in [6.07, 6.45) is 0.905. The largest absolute Gasteiger partial charge is 0.514 e. The third-order valence-electron chi connectivity index (χ3n) is 3.90. The molecule has 110 valence electrons. The van der Waals surface area contributed by atoms with E-state index in [-0.39, 0.29) is 11.6 Å². The molecule has 0 atom stereocenters. The van der Waals surface area contributed by atoms with Crippen LogP contribution in [0.5, 0.6) is 0 Å². The second-order valence-corrected chi connectivity index (χ2v) is 6.08. The standard InChI is InChI=1S/C14H22BFN2O2/c1-6-9-17-12-10(16)7-8-11(18-12)15-19-13(2,3)14(4,5)20-15/h7-8H,6,9H2,1-5H3,(H,17,18). The van der Waals surface area contributed by atoms with E-state index in [9.17, 15) is 4.39 Å². The average molecular weight is 280 g/mol. The van der Waals surface area contributed by atoms with E-state index in [1.807, 2.05) is 34.6 Å². The summed E-state index contributed by atoms with van der Waals surface area (Å²) in [5.41, 5.74) is -0.265. The molecule has 0 unspecified atom stereocenters. The van der Waals surface area contributed by atoms with Gasteiger partial charge < -0.3 is 14.6 Å². The first-order chi connectivity index (χ1) is 9.27. The van der Waals surface area contributed by atoms with Gasteiger partial charge in [-0.1, -0.05) is 6.92 Å². The minimum atomic E-state index is -0.567. The highest BCUT2D eigenvalue weighted by atomic mass is 19.1. The van der Waals surface area contributed by atoms with Crippen molar-refractivity contribution in [3.63, 3.8) is 0 Å². The first kappa shape index (κ1) is 15.3. The highest BCUT2D eigenvalue weighted by Crippen LogP contribution is 2.36. The first-order valence-electron chi connectivity index (χ1n) is 7.03. The van der Waals surface area contributed by atoms with Crippen molar-refractivity contribution in [3.05, 3.63) is 17.9 Å². The lowest BCUT2D eigenvalue weighted by molar-refractivity contribution is 0.00578. The maximum absolute atomic E-state index is 13.7. The zero-order chi connectivity index (χ0) is 15.0. The van der Waals surface area contributed by atoms with E-state index in [0.717, 1.165) is 6.42 Å². The van der Waals surface area contributed by atoms with Crippen LogP contribution in [-0.2, 0) is 9.31 Å². The van der Waals surface area contributed by atoms with Gasteiger partial charge in [0.15, 0.2) is 11.6 Å². The Kier molecular flexibility index (Phi) is 4.07. The molecule has 0 saturated carbocycles. The van der Waals surface area contributed by atoms with Gasteiger partial charge in [0.05, 0.1) is 16.8 Å². The summed E-state index contributed by atoms with van der Waals surface area (Å²) in [6.45, 7) is 10.6. The molecule has 0 aliphatic carbocycles. The van der Waals surface area contributed by atoms with Gasteiger partial charge in [0, 0.05) is 6.54 Å². The van der Waals surface area contributed by atoms with E-state index in [0.29, 0.717) is 12.1 Å². The molecule has 1 N–H and O–H groups in total. The Morgan fingerprint density at radius 1 is 1.20 bits per heavy atom. The molecule has 2 heterocycles. The molecule has 4 nitrogen and oxygen atoms in total. The van der Waals surface area contributed by atoms with E-state index in [2.05, 4.69) is 10.3 Å². The van der Waals surface area contributed by atoms with Crippen LogP contribution in [0.4, 0.5) is 10.2 Å². The van der Waals surface area contributed by atoms with E-state index in [1.54, 1.807) is 6.07 Å². The molecule has 1 aromatic rings. The van der Waals surface area contributed by atoms with E-state index in [1.165, 1.54) is 6.07 Å². The molecule has 1 aromatic heterocycles. The molecule has 20 heavy (non-hydrogen) atoms. The summed E-state index contributed by atoms with van der Waals surface area (Å²) in [7, 11) is -0.567. The van der Waals surface area contributed by atoms with Crippen molar-refractivity contribution in [2.45, 2.75) is 52.2 Å². The van der Waals surface area contributed by atoms with Gasteiger partial charge in [-0.15, -0.1) is 0 Å². The van der Waals surface area contributed by atoms with Gasteiger partial charge in [-0.25, -0.2) is 9.37 Å². The summed E-state index contributed by atoms with van der Waals surface area (Å²) in [6, 6.07) is 3.00. The number of anilines is 1. The molecular formula is C14H22BFN2O2. The van der Waals surface area contributed by atoms with E-state index < -0.39 is 18.3 Å². The molecule has 6 heteroatoms. The third kappa shape index (κ3) is 2.81. The van der Waals surface area contributed by atoms with Crippen molar-refractivity contribution in [1.82, 2.24) is 4.98 Å². The lowest BCUT2D eigenvalue weighted by atomic mass is 9.84. The number of hydrogen-bond acceptors (Lipinski definition) is 4. The summed E-state index contributed by atoms with van der Waals surface area (Å²) in [4.78, 5) is 4.29. The minimum Gasteiger partial charge on any atom is -0.398 e. The molecule has 2 rings (SSSR count). The van der Waals surface area contributed by atoms with Crippen molar-refractivity contribution in [2.75, 3.05) is 11.9 Å². The van der Waals surface area contributed by atoms with Crippen LogP contribution in [0, 0.1) is 5.82 Å². The second-order valence-electron chi connectivity index (χ2n) is 6.08. The van der Waals surface area contributed by atoms with E-state index in [4.69, 9.17) is 9.31 Å². The van der Waals surface area contributed by atoms with Crippen LogP contribution in [-0.4, -0.2) is 29.8 Å². The predicted molar refractivity (Wildman–Crippen MR) is 78.7 cm³/mol. The third-order valence-corrected chi connectivity index (χ3v) is 3.90. The number of nitrogens with zero attached hydrogens (tertiary/aromatic N) is 1. The van der Waals surface area contributed by atoms with Crippen LogP contribution in [0.15, 0.2) is 12.1 Å². The molecule has 1 saturated heterocycles. The van der Waals surface area contributed by atoms with Crippen LogP contribution in [0.3, 0.4) is 0 Å². The Bertz CT molecular complexity index is 478. The maximum Gasteiger partial charge on any atom is 0.514 e. The van der Waals surface area contributed by atoms with Crippen molar-refractivity contribution in [3.8, 4) is 0 Å². The number of rotatable bonds is 4. The number of pyridine rings is 1. The lowest BCUT2D eigenvalue weighted by Crippen LogP contribution is -2.41. The molecular weight excluding hydrogens is 258 g/mol. The number of halogens is 1. The first-order valence-corrected chi connectivity index (χ1v) is 7.03. The molecule has 0 amide bonds. The summed E-state index contributed by atoms with van der Waals surface area (Å²) in [5, 5.41) is 2.97. The zero-order valence-corrected chi connectivity index (χ0v) is 12.8. The Hall–Kier alpha value is -1.14. The van der Waals surface area contributed by atoms with Gasteiger partial charge in [-0.3, -0.25) is 0 Å². The molecule has 1 aliphatic heterocycles. The van der Waals surface area contributed by atoms with Crippen LogP contribution in [0.25, 0.3) is 0 Å². The number of hydrogen-bond donors (Lipinski definition) is 1. The van der Waals surface area contributed by atoms with Gasteiger partial charge in [0.2, 0.25) is 0 Å². The number of aromatic nitrogens is 1.